The number of thiocarbonyl (C=S) groups is 1. The molecule has 3 aromatic carbocycles. The molecule has 0 bridgehead atoms. The van der Waals surface area contributed by atoms with Crippen LogP contribution in [0.1, 0.15) is 65.9 Å². The quantitative estimate of drug-likeness (QED) is 0.146. The normalized spacial score (nSPS) is 11.9. The van der Waals surface area contributed by atoms with E-state index in [-0.39, 0.29) is 19.0 Å². The van der Waals surface area contributed by atoms with Crippen LogP contribution >= 0.6 is 23.6 Å². The third kappa shape index (κ3) is 6.62. The lowest BCUT2D eigenvalue weighted by atomic mass is 9.94. The van der Waals surface area contributed by atoms with Crippen molar-refractivity contribution in [3.63, 3.8) is 0 Å². The molecule has 0 spiro atoms. The lowest BCUT2D eigenvalue weighted by Gasteiger charge is -2.16. The molecule has 6 heteroatoms. The van der Waals surface area contributed by atoms with Crippen molar-refractivity contribution < 1.29 is 14.3 Å². The second-order valence-electron chi connectivity index (χ2n) is 8.95. The van der Waals surface area contributed by atoms with Crippen LogP contribution in [0, 0.1) is 0 Å². The number of hydrogen-bond donors (Lipinski definition) is 0. The number of benzene rings is 3. The van der Waals surface area contributed by atoms with Crippen LogP contribution in [-0.4, -0.2) is 16.0 Å². The summed E-state index contributed by atoms with van der Waals surface area (Å²) in [5.41, 5.74) is 7.03. The van der Waals surface area contributed by atoms with Gasteiger partial charge in [-0.3, -0.25) is 4.79 Å². The largest absolute Gasteiger partial charge is 0.482 e. The van der Waals surface area contributed by atoms with Gasteiger partial charge in [-0.05, 0) is 65.4 Å². The maximum atomic E-state index is 13.0. The molecule has 1 heterocycles. The average molecular weight is 532 g/mol. The molecule has 0 aliphatic carbocycles. The number of aromatic nitrogens is 1. The molecule has 0 saturated heterocycles. The van der Waals surface area contributed by atoms with Gasteiger partial charge in [0.25, 0.3) is 0 Å². The van der Waals surface area contributed by atoms with Crippen molar-refractivity contribution in [3.8, 4) is 0 Å². The van der Waals surface area contributed by atoms with Gasteiger partial charge in [0, 0.05) is 0 Å². The topological polar surface area (TPSA) is 48.4 Å². The number of aryl methyl sites for hydroxylation is 2. The summed E-state index contributed by atoms with van der Waals surface area (Å²) >= 11 is 7.36. The molecule has 1 aromatic heterocycles. The number of nitrogens with zero attached hydrogens (tertiary/aromatic N) is 1. The minimum Gasteiger partial charge on any atom is -0.482 e. The summed E-state index contributed by atoms with van der Waals surface area (Å²) in [4.78, 5) is 18.0. The van der Waals surface area contributed by atoms with Crippen LogP contribution in [0.3, 0.4) is 0 Å². The summed E-state index contributed by atoms with van der Waals surface area (Å²) in [5, 5.41) is 1.17. The van der Waals surface area contributed by atoms with Crippen molar-refractivity contribution in [1.29, 1.82) is 0 Å². The predicted octanol–water partition coefficient (Wildman–Crippen LogP) is 7.74. The minimum atomic E-state index is -0.459. The summed E-state index contributed by atoms with van der Waals surface area (Å²) in [6.45, 7) is 7.15. The van der Waals surface area contributed by atoms with E-state index < -0.39 is 5.92 Å². The lowest BCUT2D eigenvalue weighted by molar-refractivity contribution is -0.145. The molecular weight excluding hydrogens is 498 g/mol. The van der Waals surface area contributed by atoms with E-state index in [9.17, 15) is 4.79 Å². The Morgan fingerprint density at radius 1 is 0.865 bits per heavy atom. The molecule has 0 aliphatic rings. The smallest absolute Gasteiger partial charge is 0.307 e. The number of thiazole rings is 1. The lowest BCUT2D eigenvalue weighted by Crippen LogP contribution is -2.19. The van der Waals surface area contributed by atoms with Gasteiger partial charge in [-0.1, -0.05) is 81.4 Å². The number of fused-ring (bicyclic) bond motifs is 1. The molecule has 192 valence electrons. The summed E-state index contributed by atoms with van der Waals surface area (Å²) in [6, 6.07) is 21.8. The van der Waals surface area contributed by atoms with Crippen molar-refractivity contribution >= 4 is 44.8 Å². The van der Waals surface area contributed by atoms with Crippen molar-refractivity contribution in [1.82, 2.24) is 4.98 Å². The van der Waals surface area contributed by atoms with Gasteiger partial charge in [0.05, 0.1) is 22.6 Å². The van der Waals surface area contributed by atoms with Crippen molar-refractivity contribution in [3.05, 3.63) is 99.6 Å². The first kappa shape index (κ1) is 27.0. The molecule has 1 atom stereocenters. The number of rotatable bonds is 11. The molecule has 0 saturated carbocycles. The molecule has 0 N–H and O–H groups in total. The Labute approximate surface area is 228 Å². The van der Waals surface area contributed by atoms with E-state index in [1.54, 1.807) is 11.3 Å². The Balaban J connectivity index is 1.62. The molecule has 0 radical (unpaired) electrons. The van der Waals surface area contributed by atoms with E-state index in [0.717, 1.165) is 45.6 Å². The molecule has 4 aromatic rings. The third-order valence-electron chi connectivity index (χ3n) is 6.52. The van der Waals surface area contributed by atoms with E-state index in [0.29, 0.717) is 11.7 Å². The fraction of sp³-hybridized carbons (Fsp3) is 0.323. The minimum absolute atomic E-state index is 0.0863. The zero-order chi connectivity index (χ0) is 26.2. The summed E-state index contributed by atoms with van der Waals surface area (Å²) in [5.74, 6) is -0.780. The SMILES string of the molecule is CCc1cc2sc(C(CC(=O)OCc3ccccc3)C(=S)OCc3ccccc3)nc2c(CC)c1CC. The highest BCUT2D eigenvalue weighted by molar-refractivity contribution is 7.80. The number of hydrogen-bond acceptors (Lipinski definition) is 6. The van der Waals surface area contributed by atoms with Gasteiger partial charge in [-0.15, -0.1) is 11.3 Å². The van der Waals surface area contributed by atoms with E-state index in [1.807, 2.05) is 60.7 Å². The van der Waals surface area contributed by atoms with E-state index in [2.05, 4.69) is 26.8 Å². The number of carbonyl (C=O) groups is 1. The third-order valence-corrected chi connectivity index (χ3v) is 8.04. The van der Waals surface area contributed by atoms with Crippen LogP contribution in [0.5, 0.6) is 0 Å². The van der Waals surface area contributed by atoms with Gasteiger partial charge >= 0.3 is 5.97 Å². The second kappa shape index (κ2) is 12.9. The second-order valence-corrected chi connectivity index (χ2v) is 10.4. The van der Waals surface area contributed by atoms with Crippen LogP contribution in [0.2, 0.25) is 0 Å². The van der Waals surface area contributed by atoms with Crippen molar-refractivity contribution in [2.75, 3.05) is 0 Å². The maximum absolute atomic E-state index is 13.0. The number of carbonyl (C=O) groups excluding carboxylic acids is 1. The Morgan fingerprint density at radius 2 is 1.46 bits per heavy atom. The number of ether oxygens (including phenoxy) is 2. The maximum Gasteiger partial charge on any atom is 0.307 e. The average Bonchev–Trinajstić information content (AvgIpc) is 3.36. The van der Waals surface area contributed by atoms with E-state index in [1.165, 1.54) is 16.7 Å². The first-order chi connectivity index (χ1) is 18.0. The highest BCUT2D eigenvalue weighted by Gasteiger charge is 2.28. The van der Waals surface area contributed by atoms with Gasteiger partial charge < -0.3 is 9.47 Å². The Kier molecular flexibility index (Phi) is 9.42. The van der Waals surface area contributed by atoms with Gasteiger partial charge in [-0.25, -0.2) is 4.98 Å². The predicted molar refractivity (Wildman–Crippen MR) is 155 cm³/mol. The zero-order valence-electron chi connectivity index (χ0n) is 21.7. The van der Waals surface area contributed by atoms with Crippen LogP contribution < -0.4 is 0 Å². The summed E-state index contributed by atoms with van der Waals surface area (Å²) in [7, 11) is 0. The molecule has 1 unspecified atom stereocenters. The van der Waals surface area contributed by atoms with Gasteiger partial charge in [-0.2, -0.15) is 0 Å². The van der Waals surface area contributed by atoms with Crippen molar-refractivity contribution in [2.24, 2.45) is 0 Å². The van der Waals surface area contributed by atoms with Crippen LogP contribution in [0.25, 0.3) is 10.2 Å². The number of esters is 1. The zero-order valence-corrected chi connectivity index (χ0v) is 23.3. The van der Waals surface area contributed by atoms with E-state index >= 15 is 0 Å². The Morgan fingerprint density at radius 3 is 2.03 bits per heavy atom. The monoisotopic (exact) mass is 531 g/mol. The fourth-order valence-electron chi connectivity index (χ4n) is 4.60. The van der Waals surface area contributed by atoms with E-state index in [4.69, 9.17) is 26.7 Å². The Hall–Kier alpha value is -3.09. The summed E-state index contributed by atoms with van der Waals surface area (Å²) < 4.78 is 12.8. The molecular formula is C31H33NO3S2. The highest BCUT2D eigenvalue weighted by Crippen LogP contribution is 2.36. The molecule has 0 fully saturated rings. The van der Waals surface area contributed by atoms with Crippen LogP contribution in [0.4, 0.5) is 0 Å². The first-order valence-electron chi connectivity index (χ1n) is 12.9. The molecule has 4 rings (SSSR count). The molecule has 0 amide bonds. The Bertz CT molecular complexity index is 1350. The van der Waals surface area contributed by atoms with Gasteiger partial charge in [0.2, 0.25) is 0 Å². The van der Waals surface area contributed by atoms with Gasteiger partial charge in [0.1, 0.15) is 18.2 Å². The molecule has 37 heavy (non-hydrogen) atoms. The standard InChI is InChI=1S/C31H33NO3S2/c1-4-23-17-27-29(25(6-3)24(23)5-2)32-30(37-27)26(31(36)35-20-22-15-11-8-12-16-22)18-28(33)34-19-21-13-9-7-10-14-21/h7-17,26H,4-6,18-20H2,1-3H3. The first-order valence-corrected chi connectivity index (χ1v) is 14.1. The van der Waals surface area contributed by atoms with Crippen molar-refractivity contribution in [2.45, 2.75) is 65.6 Å². The van der Waals surface area contributed by atoms with Crippen LogP contribution in [0.15, 0.2) is 66.7 Å². The summed E-state index contributed by atoms with van der Waals surface area (Å²) in [6.07, 6.45) is 2.95. The van der Waals surface area contributed by atoms with Gasteiger partial charge in [0.15, 0.2) is 5.05 Å². The molecule has 4 nitrogen and oxygen atoms in total. The van der Waals surface area contributed by atoms with Crippen LogP contribution in [-0.2, 0) is 46.7 Å². The molecule has 0 aliphatic heterocycles. The highest BCUT2D eigenvalue weighted by atomic mass is 32.1. The fourth-order valence-corrected chi connectivity index (χ4v) is 6.09.